The minimum absolute atomic E-state index is 0.454. The molecule has 1 unspecified atom stereocenters. The molecule has 1 atom stereocenters. The number of aliphatic hydroxyl groups is 1. The summed E-state index contributed by atoms with van der Waals surface area (Å²) in [6.07, 6.45) is 6.37. The Hall–Kier alpha value is -1.09. The Morgan fingerprint density at radius 3 is 3.08 bits per heavy atom. The fraction of sp³-hybridized carbons (Fsp3) is 0.444. The van der Waals surface area contributed by atoms with E-state index in [0.717, 1.165) is 12.1 Å². The van der Waals surface area contributed by atoms with Gasteiger partial charge in [-0.25, -0.2) is 4.98 Å². The summed E-state index contributed by atoms with van der Waals surface area (Å²) in [7, 11) is 1.89. The first kappa shape index (κ1) is 9.00. The van der Waals surface area contributed by atoms with E-state index in [2.05, 4.69) is 11.6 Å². The second-order valence-electron chi connectivity index (χ2n) is 2.85. The van der Waals surface area contributed by atoms with Gasteiger partial charge in [0.2, 0.25) is 0 Å². The van der Waals surface area contributed by atoms with E-state index in [1.807, 2.05) is 17.8 Å². The maximum atomic E-state index is 9.54. The van der Waals surface area contributed by atoms with Crippen LogP contribution in [0.3, 0.4) is 0 Å². The van der Waals surface area contributed by atoms with Crippen LogP contribution in [0, 0.1) is 0 Å². The summed E-state index contributed by atoms with van der Waals surface area (Å²) in [5.74, 6) is 0. The van der Waals surface area contributed by atoms with E-state index < -0.39 is 6.10 Å². The molecular weight excluding hydrogens is 152 g/mol. The Morgan fingerprint density at radius 2 is 2.58 bits per heavy atom. The highest BCUT2D eigenvalue weighted by molar-refractivity contribution is 5.00. The fourth-order valence-electron chi connectivity index (χ4n) is 1.03. The number of nitrogens with zero attached hydrogens (tertiary/aromatic N) is 2. The third kappa shape index (κ3) is 2.20. The van der Waals surface area contributed by atoms with Gasteiger partial charge < -0.3 is 9.67 Å². The van der Waals surface area contributed by atoms with Crippen molar-refractivity contribution in [2.45, 2.75) is 18.9 Å². The Balaban J connectivity index is 2.52. The van der Waals surface area contributed by atoms with Crippen molar-refractivity contribution < 1.29 is 5.11 Å². The van der Waals surface area contributed by atoms with Crippen LogP contribution in [0.25, 0.3) is 0 Å². The van der Waals surface area contributed by atoms with Gasteiger partial charge in [-0.2, -0.15) is 0 Å². The second kappa shape index (κ2) is 4.07. The molecule has 0 spiro atoms. The van der Waals surface area contributed by atoms with E-state index in [1.54, 1.807) is 12.4 Å². The van der Waals surface area contributed by atoms with Crippen LogP contribution >= 0.6 is 0 Å². The largest absolute Gasteiger partial charge is 0.387 e. The molecule has 66 valence electrons. The lowest BCUT2D eigenvalue weighted by atomic mass is 10.1. The molecule has 0 bridgehead atoms. The number of hydrogen-bond donors (Lipinski definition) is 1. The molecule has 3 heteroatoms. The van der Waals surface area contributed by atoms with Gasteiger partial charge in [0.1, 0.15) is 0 Å². The van der Waals surface area contributed by atoms with Crippen molar-refractivity contribution in [1.29, 1.82) is 0 Å². The highest BCUT2D eigenvalue weighted by atomic mass is 16.3. The van der Waals surface area contributed by atoms with Crippen molar-refractivity contribution >= 4 is 0 Å². The monoisotopic (exact) mass is 166 g/mol. The van der Waals surface area contributed by atoms with Gasteiger partial charge in [-0.3, -0.25) is 0 Å². The molecular formula is C9H14N2O. The summed E-state index contributed by atoms with van der Waals surface area (Å²) in [6.45, 7) is 3.59. The molecule has 1 aromatic heterocycles. The van der Waals surface area contributed by atoms with Gasteiger partial charge in [-0.15, -0.1) is 6.58 Å². The van der Waals surface area contributed by atoms with Crippen LogP contribution in [0.1, 0.15) is 24.6 Å². The SMILES string of the molecule is C=CCCC(O)c1cn(C)cn1. The zero-order valence-corrected chi connectivity index (χ0v) is 7.27. The molecule has 0 aliphatic rings. The van der Waals surface area contributed by atoms with Crippen LogP contribution in [0.5, 0.6) is 0 Å². The second-order valence-corrected chi connectivity index (χ2v) is 2.85. The van der Waals surface area contributed by atoms with Crippen molar-refractivity contribution in [2.24, 2.45) is 7.05 Å². The quantitative estimate of drug-likeness (QED) is 0.687. The molecule has 12 heavy (non-hydrogen) atoms. The van der Waals surface area contributed by atoms with Crippen LogP contribution in [0.2, 0.25) is 0 Å². The van der Waals surface area contributed by atoms with Crippen LogP contribution in [-0.2, 0) is 7.05 Å². The van der Waals surface area contributed by atoms with Crippen molar-refractivity contribution in [3.63, 3.8) is 0 Å². The number of aryl methyl sites for hydroxylation is 1. The lowest BCUT2D eigenvalue weighted by Gasteiger charge is -2.04. The van der Waals surface area contributed by atoms with Gasteiger partial charge >= 0.3 is 0 Å². The first-order valence-corrected chi connectivity index (χ1v) is 4.01. The zero-order valence-electron chi connectivity index (χ0n) is 7.27. The lowest BCUT2D eigenvalue weighted by molar-refractivity contribution is 0.164. The molecule has 0 aliphatic carbocycles. The molecule has 0 amide bonds. The number of hydrogen-bond acceptors (Lipinski definition) is 2. The van der Waals surface area contributed by atoms with Crippen LogP contribution in [-0.4, -0.2) is 14.7 Å². The first-order chi connectivity index (χ1) is 5.74. The van der Waals surface area contributed by atoms with Gasteiger partial charge in [0.05, 0.1) is 18.1 Å². The van der Waals surface area contributed by atoms with Gasteiger partial charge in [-0.05, 0) is 12.8 Å². The predicted octanol–water partition coefficient (Wildman–Crippen LogP) is 1.42. The first-order valence-electron chi connectivity index (χ1n) is 4.01. The average Bonchev–Trinajstić information content (AvgIpc) is 2.47. The summed E-state index contributed by atoms with van der Waals surface area (Å²) in [4.78, 5) is 4.05. The Labute approximate surface area is 72.4 Å². The van der Waals surface area contributed by atoms with E-state index in [4.69, 9.17) is 0 Å². The number of rotatable bonds is 4. The molecule has 0 aliphatic heterocycles. The van der Waals surface area contributed by atoms with E-state index in [9.17, 15) is 5.11 Å². The van der Waals surface area contributed by atoms with Gasteiger partial charge in [0.25, 0.3) is 0 Å². The maximum absolute atomic E-state index is 9.54. The molecule has 0 saturated carbocycles. The molecule has 0 radical (unpaired) electrons. The van der Waals surface area contributed by atoms with E-state index in [0.29, 0.717) is 6.42 Å². The average molecular weight is 166 g/mol. The van der Waals surface area contributed by atoms with Crippen LogP contribution in [0.15, 0.2) is 25.2 Å². The summed E-state index contributed by atoms with van der Waals surface area (Å²) >= 11 is 0. The van der Waals surface area contributed by atoms with Crippen LogP contribution < -0.4 is 0 Å². The van der Waals surface area contributed by atoms with E-state index >= 15 is 0 Å². The molecule has 0 fully saturated rings. The van der Waals surface area contributed by atoms with E-state index in [-0.39, 0.29) is 0 Å². The topological polar surface area (TPSA) is 38.0 Å². The summed E-state index contributed by atoms with van der Waals surface area (Å²) in [5, 5.41) is 9.54. The van der Waals surface area contributed by atoms with Gasteiger partial charge in [-0.1, -0.05) is 6.08 Å². The van der Waals surface area contributed by atoms with Crippen molar-refractivity contribution in [3.05, 3.63) is 30.9 Å². The normalized spacial score (nSPS) is 12.8. The maximum Gasteiger partial charge on any atom is 0.0978 e. The number of allylic oxidation sites excluding steroid dienone is 1. The lowest BCUT2D eigenvalue weighted by Crippen LogP contribution is -1.96. The van der Waals surface area contributed by atoms with Gasteiger partial charge in [0, 0.05) is 13.2 Å². The van der Waals surface area contributed by atoms with Crippen molar-refractivity contribution in [1.82, 2.24) is 9.55 Å². The molecule has 0 aromatic carbocycles. The number of aromatic nitrogens is 2. The van der Waals surface area contributed by atoms with Crippen molar-refractivity contribution in [3.8, 4) is 0 Å². The van der Waals surface area contributed by atoms with Gasteiger partial charge in [0.15, 0.2) is 0 Å². The summed E-state index contributed by atoms with van der Waals surface area (Å²) in [6, 6.07) is 0. The third-order valence-electron chi connectivity index (χ3n) is 1.71. The molecule has 0 saturated heterocycles. The third-order valence-corrected chi connectivity index (χ3v) is 1.71. The molecule has 1 aromatic rings. The Bertz CT molecular complexity index is 255. The molecule has 1 N–H and O–H groups in total. The zero-order chi connectivity index (χ0) is 8.97. The number of aliphatic hydroxyl groups excluding tert-OH is 1. The predicted molar refractivity (Wildman–Crippen MR) is 47.6 cm³/mol. The smallest absolute Gasteiger partial charge is 0.0978 e. The molecule has 1 rings (SSSR count). The fourth-order valence-corrected chi connectivity index (χ4v) is 1.03. The minimum Gasteiger partial charge on any atom is -0.387 e. The van der Waals surface area contributed by atoms with Crippen molar-refractivity contribution in [2.75, 3.05) is 0 Å². The summed E-state index contributed by atoms with van der Waals surface area (Å²) < 4.78 is 1.83. The molecule has 1 heterocycles. The standard InChI is InChI=1S/C9H14N2O/c1-3-4-5-9(12)8-6-11(2)7-10-8/h3,6-7,9,12H,1,4-5H2,2H3. The minimum atomic E-state index is -0.454. The number of imidazole rings is 1. The summed E-state index contributed by atoms with van der Waals surface area (Å²) in [5.41, 5.74) is 0.736. The highest BCUT2D eigenvalue weighted by Crippen LogP contribution is 2.15. The van der Waals surface area contributed by atoms with Crippen LogP contribution in [0.4, 0.5) is 0 Å². The van der Waals surface area contributed by atoms with E-state index in [1.165, 1.54) is 0 Å². The molecule has 3 nitrogen and oxygen atoms in total. The highest BCUT2D eigenvalue weighted by Gasteiger charge is 2.08. The Morgan fingerprint density at radius 1 is 1.83 bits per heavy atom. The Kier molecular flexibility index (Phi) is 3.05.